The highest BCUT2D eigenvalue weighted by Crippen LogP contribution is 2.22. The van der Waals surface area contributed by atoms with Crippen LogP contribution in [0.25, 0.3) is 0 Å². The molecule has 1 aromatic heterocycles. The molecular formula is C11H14N2O3. The van der Waals surface area contributed by atoms with Crippen LogP contribution in [-0.2, 0) is 11.8 Å². The molecule has 5 heteroatoms. The maximum atomic E-state index is 11.0. The highest BCUT2D eigenvalue weighted by molar-refractivity contribution is 6.04. The molecule has 0 fully saturated rings. The minimum Gasteiger partial charge on any atom is -0.478 e. The summed E-state index contributed by atoms with van der Waals surface area (Å²) in [6, 6.07) is 1.55. The third kappa shape index (κ3) is 1.68. The highest BCUT2D eigenvalue weighted by atomic mass is 16.5. The second-order valence-corrected chi connectivity index (χ2v) is 4.51. The van der Waals surface area contributed by atoms with Gasteiger partial charge in [0.05, 0.1) is 11.1 Å². The Morgan fingerprint density at radius 1 is 1.62 bits per heavy atom. The summed E-state index contributed by atoms with van der Waals surface area (Å²) in [5.41, 5.74) is 0.465. The molecule has 0 bridgehead atoms. The third-order valence-electron chi connectivity index (χ3n) is 2.47. The molecule has 0 aliphatic carbocycles. The zero-order valence-corrected chi connectivity index (χ0v) is 9.52. The van der Waals surface area contributed by atoms with E-state index in [-0.39, 0.29) is 11.1 Å². The van der Waals surface area contributed by atoms with E-state index in [1.54, 1.807) is 23.9 Å². The molecule has 1 aliphatic heterocycles. The Morgan fingerprint density at radius 2 is 2.31 bits per heavy atom. The number of rotatable bonds is 2. The minimum atomic E-state index is -0.966. The fourth-order valence-electron chi connectivity index (χ4n) is 1.67. The second kappa shape index (κ2) is 3.37. The Morgan fingerprint density at radius 3 is 2.81 bits per heavy atom. The molecule has 0 saturated heterocycles. The van der Waals surface area contributed by atoms with Gasteiger partial charge in [-0.3, -0.25) is 0 Å². The van der Waals surface area contributed by atoms with Crippen molar-refractivity contribution in [3.63, 3.8) is 0 Å². The molecular weight excluding hydrogens is 208 g/mol. The van der Waals surface area contributed by atoms with E-state index < -0.39 is 5.97 Å². The Labute approximate surface area is 93.4 Å². The number of aromatic carboxylic acids is 1. The van der Waals surface area contributed by atoms with Crippen molar-refractivity contribution < 1.29 is 14.6 Å². The standard InChI is InChI=1S/C11H14N2O3/c1-11(2)6-16-9(12-11)8-7(10(14)15)4-5-13(8)3/h4-5H,6H2,1-3H3,(H,14,15). The van der Waals surface area contributed by atoms with Gasteiger partial charge >= 0.3 is 5.97 Å². The maximum Gasteiger partial charge on any atom is 0.338 e. The van der Waals surface area contributed by atoms with E-state index in [0.29, 0.717) is 18.2 Å². The fraction of sp³-hybridized carbons (Fsp3) is 0.455. The number of ether oxygens (including phenoxy) is 1. The number of hydrogen-bond donors (Lipinski definition) is 1. The van der Waals surface area contributed by atoms with Crippen LogP contribution in [0.15, 0.2) is 17.3 Å². The van der Waals surface area contributed by atoms with E-state index >= 15 is 0 Å². The van der Waals surface area contributed by atoms with Gasteiger partial charge in [-0.2, -0.15) is 0 Å². The van der Waals surface area contributed by atoms with Crippen LogP contribution >= 0.6 is 0 Å². The van der Waals surface area contributed by atoms with Gasteiger partial charge in [0, 0.05) is 13.2 Å². The summed E-state index contributed by atoms with van der Waals surface area (Å²) in [6.45, 7) is 4.37. The van der Waals surface area contributed by atoms with Gasteiger partial charge in [0.1, 0.15) is 12.3 Å². The molecule has 5 nitrogen and oxygen atoms in total. The van der Waals surface area contributed by atoms with Crippen LogP contribution in [0.3, 0.4) is 0 Å². The van der Waals surface area contributed by atoms with Crippen molar-refractivity contribution in [3.8, 4) is 0 Å². The van der Waals surface area contributed by atoms with Crippen LogP contribution in [-0.4, -0.2) is 33.7 Å². The number of carbonyl (C=O) groups is 1. The quantitative estimate of drug-likeness (QED) is 0.819. The first-order chi connectivity index (χ1) is 7.41. The average molecular weight is 222 g/mol. The zero-order chi connectivity index (χ0) is 11.9. The van der Waals surface area contributed by atoms with Crippen LogP contribution in [0.1, 0.15) is 29.9 Å². The maximum absolute atomic E-state index is 11.0. The van der Waals surface area contributed by atoms with E-state index in [2.05, 4.69) is 4.99 Å². The second-order valence-electron chi connectivity index (χ2n) is 4.51. The topological polar surface area (TPSA) is 63.8 Å². The fourth-order valence-corrected chi connectivity index (χ4v) is 1.67. The molecule has 86 valence electrons. The lowest BCUT2D eigenvalue weighted by atomic mass is 10.1. The molecule has 1 N–H and O–H groups in total. The van der Waals surface area contributed by atoms with Crippen molar-refractivity contribution in [2.24, 2.45) is 12.0 Å². The van der Waals surface area contributed by atoms with Crippen molar-refractivity contribution in [1.82, 2.24) is 4.57 Å². The van der Waals surface area contributed by atoms with Gasteiger partial charge in [0.15, 0.2) is 0 Å². The Bertz CT molecular complexity index is 472. The van der Waals surface area contributed by atoms with Crippen LogP contribution in [0.5, 0.6) is 0 Å². The molecule has 0 unspecified atom stereocenters. The van der Waals surface area contributed by atoms with Crippen LogP contribution in [0, 0.1) is 0 Å². The van der Waals surface area contributed by atoms with Crippen molar-refractivity contribution in [2.75, 3.05) is 6.61 Å². The Balaban J connectivity index is 2.49. The van der Waals surface area contributed by atoms with E-state index in [1.165, 1.54) is 0 Å². The predicted octanol–water partition coefficient (Wildman–Crippen LogP) is 1.28. The molecule has 0 saturated carbocycles. The molecule has 0 aromatic carbocycles. The first kappa shape index (κ1) is 10.7. The average Bonchev–Trinajstić information content (AvgIpc) is 2.69. The van der Waals surface area contributed by atoms with Gasteiger partial charge in [-0.25, -0.2) is 9.79 Å². The van der Waals surface area contributed by atoms with Gasteiger partial charge in [-0.1, -0.05) is 0 Å². The molecule has 0 amide bonds. The minimum absolute atomic E-state index is 0.221. The largest absolute Gasteiger partial charge is 0.478 e. The van der Waals surface area contributed by atoms with Crippen molar-refractivity contribution in [2.45, 2.75) is 19.4 Å². The molecule has 0 spiro atoms. The molecule has 1 aromatic rings. The monoisotopic (exact) mass is 222 g/mol. The summed E-state index contributed by atoms with van der Waals surface area (Å²) < 4.78 is 7.16. The van der Waals surface area contributed by atoms with E-state index in [1.807, 2.05) is 13.8 Å². The normalized spacial score (nSPS) is 18.1. The molecule has 2 rings (SSSR count). The Hall–Kier alpha value is -1.78. The van der Waals surface area contributed by atoms with E-state index in [9.17, 15) is 4.79 Å². The molecule has 0 radical (unpaired) electrons. The molecule has 16 heavy (non-hydrogen) atoms. The number of carboxylic acids is 1. The lowest BCUT2D eigenvalue weighted by Crippen LogP contribution is -2.17. The summed E-state index contributed by atoms with van der Waals surface area (Å²) in [6.07, 6.45) is 1.69. The molecule has 2 heterocycles. The number of aromatic nitrogens is 1. The van der Waals surface area contributed by atoms with E-state index in [4.69, 9.17) is 9.84 Å². The molecule has 0 atom stereocenters. The van der Waals surface area contributed by atoms with Gasteiger partial charge in [-0.15, -0.1) is 0 Å². The van der Waals surface area contributed by atoms with E-state index in [0.717, 1.165) is 0 Å². The number of carboxylic acid groups (broad SMARTS) is 1. The number of aryl methyl sites for hydroxylation is 1. The number of nitrogens with zero attached hydrogens (tertiary/aromatic N) is 2. The smallest absolute Gasteiger partial charge is 0.338 e. The first-order valence-electron chi connectivity index (χ1n) is 5.02. The van der Waals surface area contributed by atoms with Gasteiger partial charge in [0.2, 0.25) is 5.90 Å². The first-order valence-corrected chi connectivity index (χ1v) is 5.02. The summed E-state index contributed by atoms with van der Waals surface area (Å²) in [5, 5.41) is 9.05. The van der Waals surface area contributed by atoms with Gasteiger partial charge in [0.25, 0.3) is 0 Å². The summed E-state index contributed by atoms with van der Waals surface area (Å²) in [5.74, 6) is -0.554. The third-order valence-corrected chi connectivity index (χ3v) is 2.47. The lowest BCUT2D eigenvalue weighted by molar-refractivity contribution is 0.0696. The lowest BCUT2D eigenvalue weighted by Gasteiger charge is -2.07. The molecule has 1 aliphatic rings. The van der Waals surface area contributed by atoms with Crippen molar-refractivity contribution in [3.05, 3.63) is 23.5 Å². The summed E-state index contributed by atoms with van der Waals surface area (Å²) >= 11 is 0. The van der Waals surface area contributed by atoms with Crippen LogP contribution < -0.4 is 0 Å². The SMILES string of the molecule is Cn1ccc(C(=O)O)c1C1=NC(C)(C)CO1. The predicted molar refractivity (Wildman–Crippen MR) is 58.9 cm³/mol. The number of hydrogen-bond acceptors (Lipinski definition) is 3. The van der Waals surface area contributed by atoms with Gasteiger partial charge < -0.3 is 14.4 Å². The van der Waals surface area contributed by atoms with Gasteiger partial charge in [-0.05, 0) is 19.9 Å². The van der Waals surface area contributed by atoms with Crippen molar-refractivity contribution in [1.29, 1.82) is 0 Å². The van der Waals surface area contributed by atoms with Crippen molar-refractivity contribution >= 4 is 11.9 Å². The van der Waals surface area contributed by atoms with Crippen LogP contribution in [0.4, 0.5) is 0 Å². The Kier molecular flexibility index (Phi) is 2.26. The number of aliphatic imine (C=N–C) groups is 1. The zero-order valence-electron chi connectivity index (χ0n) is 9.52. The highest BCUT2D eigenvalue weighted by Gasteiger charge is 2.30. The van der Waals surface area contributed by atoms with Crippen LogP contribution in [0.2, 0.25) is 0 Å². The summed E-state index contributed by atoms with van der Waals surface area (Å²) in [4.78, 5) is 15.4. The summed E-state index contributed by atoms with van der Waals surface area (Å²) in [7, 11) is 1.78.